The third-order valence-electron chi connectivity index (χ3n) is 3.23. The van der Waals surface area contributed by atoms with E-state index in [-0.39, 0.29) is 12.1 Å². The van der Waals surface area contributed by atoms with Crippen LogP contribution in [0.4, 0.5) is 8.78 Å². The van der Waals surface area contributed by atoms with Crippen LogP contribution in [0.2, 0.25) is 0 Å². The lowest BCUT2D eigenvalue weighted by Gasteiger charge is -2.24. The first-order valence-electron chi connectivity index (χ1n) is 6.92. The highest BCUT2D eigenvalue weighted by Gasteiger charge is 2.27. The number of carbonyl (C=O) groups excluding carboxylic acids is 1. The molecule has 23 heavy (non-hydrogen) atoms. The number of aromatic nitrogens is 1. The minimum atomic E-state index is -1.66. The third-order valence-corrected chi connectivity index (χ3v) is 3.23. The van der Waals surface area contributed by atoms with Gasteiger partial charge in [0.15, 0.2) is 0 Å². The standard InChI is InChI=1S/C17H16F2N2O2/c1-17(23,14-6-5-13(18)9-15(14)19)11-21-16(22)7-4-12-3-2-8-20-10-12/h2-10,23H,11H2,1H3,(H,21,22)/b7-4-/t17-/m0/s1. The summed E-state index contributed by atoms with van der Waals surface area (Å²) in [5.41, 5.74) is -0.996. The summed E-state index contributed by atoms with van der Waals surface area (Å²) in [6, 6.07) is 6.41. The Kier molecular flexibility index (Phi) is 5.18. The molecule has 4 nitrogen and oxygen atoms in total. The van der Waals surface area contributed by atoms with Crippen molar-refractivity contribution >= 4 is 12.0 Å². The lowest BCUT2D eigenvalue weighted by atomic mass is 9.95. The van der Waals surface area contributed by atoms with Crippen LogP contribution in [0.5, 0.6) is 0 Å². The van der Waals surface area contributed by atoms with Gasteiger partial charge in [-0.2, -0.15) is 0 Å². The Morgan fingerprint density at radius 2 is 2.17 bits per heavy atom. The van der Waals surface area contributed by atoms with Crippen LogP contribution in [-0.2, 0) is 10.4 Å². The van der Waals surface area contributed by atoms with Crippen molar-refractivity contribution in [1.82, 2.24) is 10.3 Å². The van der Waals surface area contributed by atoms with Crippen LogP contribution in [0, 0.1) is 11.6 Å². The van der Waals surface area contributed by atoms with E-state index in [9.17, 15) is 18.7 Å². The van der Waals surface area contributed by atoms with Gasteiger partial charge in [0, 0.05) is 30.1 Å². The molecular formula is C17H16F2N2O2. The number of carbonyl (C=O) groups is 1. The summed E-state index contributed by atoms with van der Waals surface area (Å²) in [6.45, 7) is 1.13. The van der Waals surface area contributed by atoms with E-state index in [0.29, 0.717) is 6.07 Å². The summed E-state index contributed by atoms with van der Waals surface area (Å²) in [5.74, 6) is -2.04. The van der Waals surface area contributed by atoms with Gasteiger partial charge >= 0.3 is 0 Å². The van der Waals surface area contributed by atoms with E-state index in [2.05, 4.69) is 10.3 Å². The average Bonchev–Trinajstić information content (AvgIpc) is 2.51. The number of aliphatic hydroxyl groups is 1. The first-order valence-corrected chi connectivity index (χ1v) is 6.92. The fraction of sp³-hybridized carbons (Fsp3) is 0.176. The molecule has 1 amide bonds. The smallest absolute Gasteiger partial charge is 0.244 e. The van der Waals surface area contributed by atoms with Gasteiger partial charge in [-0.25, -0.2) is 8.78 Å². The summed E-state index contributed by atoms with van der Waals surface area (Å²) in [6.07, 6.45) is 6.06. The van der Waals surface area contributed by atoms with Crippen LogP contribution < -0.4 is 5.32 Å². The van der Waals surface area contributed by atoms with E-state index in [4.69, 9.17) is 0 Å². The van der Waals surface area contributed by atoms with Gasteiger partial charge in [0.2, 0.25) is 5.91 Å². The van der Waals surface area contributed by atoms with Crippen LogP contribution in [0.15, 0.2) is 48.8 Å². The Bertz CT molecular complexity index is 716. The SMILES string of the molecule is C[C@](O)(CNC(=O)/C=C\c1cccnc1)c1ccc(F)cc1F. The molecule has 0 fully saturated rings. The van der Waals surface area contributed by atoms with Crippen LogP contribution in [0.3, 0.4) is 0 Å². The molecule has 0 aliphatic carbocycles. The fourth-order valence-corrected chi connectivity index (χ4v) is 1.99. The molecule has 2 N–H and O–H groups in total. The normalized spacial score (nSPS) is 13.7. The topological polar surface area (TPSA) is 62.2 Å². The molecular weight excluding hydrogens is 302 g/mol. The van der Waals surface area contributed by atoms with Crippen molar-refractivity contribution in [3.63, 3.8) is 0 Å². The van der Waals surface area contributed by atoms with Crippen molar-refractivity contribution in [3.05, 3.63) is 71.6 Å². The lowest BCUT2D eigenvalue weighted by molar-refractivity contribution is -0.117. The summed E-state index contributed by atoms with van der Waals surface area (Å²) in [7, 11) is 0. The summed E-state index contributed by atoms with van der Waals surface area (Å²) in [4.78, 5) is 15.7. The number of hydrogen-bond donors (Lipinski definition) is 2. The first kappa shape index (κ1) is 16.8. The highest BCUT2D eigenvalue weighted by molar-refractivity contribution is 5.91. The van der Waals surface area contributed by atoms with E-state index in [1.54, 1.807) is 30.6 Å². The predicted molar refractivity (Wildman–Crippen MR) is 82.2 cm³/mol. The van der Waals surface area contributed by atoms with Gasteiger partial charge < -0.3 is 10.4 Å². The largest absolute Gasteiger partial charge is 0.383 e. The monoisotopic (exact) mass is 318 g/mol. The Labute approximate surface area is 132 Å². The van der Waals surface area contributed by atoms with E-state index in [0.717, 1.165) is 17.7 Å². The molecule has 0 aliphatic heterocycles. The molecule has 0 radical (unpaired) electrons. The van der Waals surface area contributed by atoms with Gasteiger partial charge in [0.25, 0.3) is 0 Å². The Hall–Kier alpha value is -2.60. The van der Waals surface area contributed by atoms with Crippen molar-refractivity contribution in [3.8, 4) is 0 Å². The molecule has 0 unspecified atom stereocenters. The second kappa shape index (κ2) is 7.11. The Morgan fingerprint density at radius 3 is 2.83 bits per heavy atom. The maximum absolute atomic E-state index is 13.7. The second-order valence-electron chi connectivity index (χ2n) is 5.24. The molecule has 1 aromatic carbocycles. The summed E-state index contributed by atoms with van der Waals surface area (Å²) < 4.78 is 26.6. The van der Waals surface area contributed by atoms with Gasteiger partial charge in [0.1, 0.15) is 17.2 Å². The van der Waals surface area contributed by atoms with Crippen LogP contribution >= 0.6 is 0 Å². The maximum atomic E-state index is 13.7. The van der Waals surface area contributed by atoms with Gasteiger partial charge in [0.05, 0.1) is 6.54 Å². The first-order chi connectivity index (χ1) is 10.9. The second-order valence-corrected chi connectivity index (χ2v) is 5.24. The molecule has 1 atom stereocenters. The van der Waals surface area contributed by atoms with Gasteiger partial charge in [-0.3, -0.25) is 9.78 Å². The van der Waals surface area contributed by atoms with Crippen molar-refractivity contribution in [1.29, 1.82) is 0 Å². The zero-order valence-electron chi connectivity index (χ0n) is 12.5. The predicted octanol–water partition coefficient (Wildman–Crippen LogP) is 2.40. The zero-order valence-corrected chi connectivity index (χ0v) is 12.5. The van der Waals surface area contributed by atoms with Crippen molar-refractivity contribution in [2.45, 2.75) is 12.5 Å². The summed E-state index contributed by atoms with van der Waals surface area (Å²) in [5, 5.41) is 12.8. The highest BCUT2D eigenvalue weighted by atomic mass is 19.1. The Morgan fingerprint density at radius 1 is 1.39 bits per heavy atom. The van der Waals surface area contributed by atoms with Gasteiger partial charge in [-0.15, -0.1) is 0 Å². The van der Waals surface area contributed by atoms with Gasteiger partial charge in [-0.1, -0.05) is 12.1 Å². The third kappa shape index (κ3) is 4.69. The molecule has 120 valence electrons. The number of pyridine rings is 1. The molecule has 0 saturated heterocycles. The van der Waals surface area contributed by atoms with E-state index in [1.807, 2.05) is 0 Å². The van der Waals surface area contributed by atoms with Crippen molar-refractivity contribution in [2.24, 2.45) is 0 Å². The number of rotatable bonds is 5. The minimum Gasteiger partial charge on any atom is -0.383 e. The van der Waals surface area contributed by atoms with E-state index >= 15 is 0 Å². The number of nitrogens with zero attached hydrogens (tertiary/aromatic N) is 1. The van der Waals surface area contributed by atoms with Crippen molar-refractivity contribution < 1.29 is 18.7 Å². The number of benzene rings is 1. The minimum absolute atomic E-state index is 0.0876. The molecule has 0 aliphatic rings. The number of nitrogens with one attached hydrogen (secondary N) is 1. The molecule has 0 bridgehead atoms. The molecule has 0 saturated carbocycles. The summed E-state index contributed by atoms with van der Waals surface area (Å²) >= 11 is 0. The number of amides is 1. The molecule has 0 spiro atoms. The molecule has 2 aromatic rings. The van der Waals surface area contributed by atoms with Gasteiger partial charge in [-0.05, 0) is 30.7 Å². The van der Waals surface area contributed by atoms with Crippen molar-refractivity contribution in [2.75, 3.05) is 6.54 Å². The zero-order chi connectivity index (χ0) is 16.9. The fourth-order valence-electron chi connectivity index (χ4n) is 1.99. The Balaban J connectivity index is 1.98. The molecule has 1 heterocycles. The molecule has 1 aromatic heterocycles. The number of hydrogen-bond acceptors (Lipinski definition) is 3. The van der Waals surface area contributed by atoms with Crippen LogP contribution in [-0.4, -0.2) is 22.5 Å². The number of halogens is 2. The average molecular weight is 318 g/mol. The maximum Gasteiger partial charge on any atom is 0.244 e. The molecule has 2 rings (SSSR count). The highest BCUT2D eigenvalue weighted by Crippen LogP contribution is 2.23. The van der Waals surface area contributed by atoms with Crippen LogP contribution in [0.25, 0.3) is 6.08 Å². The lowest BCUT2D eigenvalue weighted by Crippen LogP contribution is -2.38. The molecule has 6 heteroatoms. The van der Waals surface area contributed by atoms with E-state index in [1.165, 1.54) is 13.0 Å². The quantitative estimate of drug-likeness (QED) is 0.832. The van der Waals surface area contributed by atoms with E-state index < -0.39 is 23.1 Å². The van der Waals surface area contributed by atoms with Crippen LogP contribution in [0.1, 0.15) is 18.1 Å².